The van der Waals surface area contributed by atoms with E-state index in [1.807, 2.05) is 64.5 Å². The molecular formula is C45H104Cl2N8O10. The van der Waals surface area contributed by atoms with Gasteiger partial charge in [0.25, 0.3) is 0 Å². The van der Waals surface area contributed by atoms with Crippen LogP contribution in [-0.2, 0) is 43.2 Å². The van der Waals surface area contributed by atoms with Gasteiger partial charge in [0.05, 0.1) is 48.3 Å². The molecule has 9 N–H and O–H groups in total. The lowest BCUT2D eigenvalue weighted by Gasteiger charge is -2.26. The molecule has 1 amide bonds. The van der Waals surface area contributed by atoms with E-state index in [-0.39, 0.29) is 102 Å². The van der Waals surface area contributed by atoms with Crippen molar-refractivity contribution in [3.05, 3.63) is 29.7 Å². The molecule has 1 atom stereocenters. The van der Waals surface area contributed by atoms with Crippen molar-refractivity contribution in [2.75, 3.05) is 122 Å². The summed E-state index contributed by atoms with van der Waals surface area (Å²) in [7, 11) is 17.6. The van der Waals surface area contributed by atoms with Crippen LogP contribution in [0.2, 0.25) is 0 Å². The van der Waals surface area contributed by atoms with Crippen LogP contribution in [0.5, 0.6) is 0 Å². The van der Waals surface area contributed by atoms with Gasteiger partial charge < -0.3 is 75.7 Å². The second-order valence-electron chi connectivity index (χ2n) is 15.7. The number of Topliss-reactive ketones (excluding diaryl/α,β-unsaturated/α-hetero) is 7. The number of hydrogen-bond acceptors (Lipinski definition) is 12. The van der Waals surface area contributed by atoms with Crippen LogP contribution in [0.1, 0.15) is 88.0 Å². The fourth-order valence-electron chi connectivity index (χ4n) is 3.80. The minimum absolute atomic E-state index is 0. The summed E-state index contributed by atoms with van der Waals surface area (Å²) >= 11 is 0. The van der Waals surface area contributed by atoms with Gasteiger partial charge in [0, 0.05) is 60.0 Å². The second kappa shape index (κ2) is 65.2. The van der Waals surface area contributed by atoms with Crippen molar-refractivity contribution < 1.29 is 68.7 Å². The highest BCUT2D eigenvalue weighted by Crippen LogP contribution is 2.08. The number of nitrogens with one attached hydrogen (secondary N) is 3. The molecule has 1 unspecified atom stereocenters. The highest BCUT2D eigenvalue weighted by molar-refractivity contribution is 5.85. The molecule has 1 aliphatic rings. The molecule has 1 saturated heterocycles. The number of hydrogen-bond donors (Lipinski definition) is 6. The van der Waals surface area contributed by atoms with Crippen molar-refractivity contribution in [3.8, 4) is 0 Å². The SMILES string of the molecule is CC(=O)CC1CCCN1.CC(=O)CCN(C)C.CC(=O)CN(C)C.CC(=O)C[NH+](C)C.CC(=O)C[NH3+].CC(=O)NCC(=O)O.CC[N+](C)(C)CC(C)=O.C[NH2+]CC(C)=O.Cl.Cl.[CH3-].[CH3-].[CH3-].[CH3-]. The van der Waals surface area contributed by atoms with E-state index < -0.39 is 5.97 Å². The summed E-state index contributed by atoms with van der Waals surface area (Å²) < 4.78 is 0.801. The average molecular weight is 988 g/mol. The van der Waals surface area contributed by atoms with Crippen LogP contribution in [0.25, 0.3) is 0 Å². The zero-order valence-electron chi connectivity index (χ0n) is 45.3. The monoisotopic (exact) mass is 987 g/mol. The first-order chi connectivity index (χ1) is 26.8. The maximum atomic E-state index is 10.6. The molecule has 1 rings (SSSR count). The Kier molecular flexibility index (Phi) is 96.3. The summed E-state index contributed by atoms with van der Waals surface area (Å²) in [6.45, 7) is 20.1. The van der Waals surface area contributed by atoms with E-state index in [1.165, 1.54) is 31.6 Å². The lowest BCUT2D eigenvalue weighted by molar-refractivity contribution is -0.880. The first kappa shape index (κ1) is 96.0. The van der Waals surface area contributed by atoms with Gasteiger partial charge in [-0.2, -0.15) is 0 Å². The van der Waals surface area contributed by atoms with Gasteiger partial charge in [0.15, 0.2) is 23.1 Å². The van der Waals surface area contributed by atoms with Crippen LogP contribution in [0.4, 0.5) is 0 Å². The van der Waals surface area contributed by atoms with Gasteiger partial charge in [-0.3, -0.25) is 43.2 Å². The average Bonchev–Trinajstić information content (AvgIpc) is 3.55. The fraction of sp³-hybridized carbons (Fsp3) is 0.711. The van der Waals surface area contributed by atoms with Crippen molar-refractivity contribution in [2.45, 2.75) is 94.0 Å². The summed E-state index contributed by atoms with van der Waals surface area (Å²) in [5.74, 6) is 0.315. The Balaban J connectivity index is -0.0000000429. The molecule has 1 aliphatic heterocycles. The first-order valence-electron chi connectivity index (χ1n) is 19.9. The van der Waals surface area contributed by atoms with Crippen molar-refractivity contribution >= 4 is 77.2 Å². The van der Waals surface area contributed by atoms with E-state index in [1.54, 1.807) is 41.5 Å². The Labute approximate surface area is 411 Å². The normalized spacial score (nSPS) is 11.0. The van der Waals surface area contributed by atoms with E-state index in [9.17, 15) is 43.2 Å². The van der Waals surface area contributed by atoms with Crippen LogP contribution in [-0.4, -0.2) is 200 Å². The number of ketones is 7. The van der Waals surface area contributed by atoms with Gasteiger partial charge in [-0.05, 0) is 75.3 Å². The smallest absolute Gasteiger partial charge is 0.322 e. The third-order valence-electron chi connectivity index (χ3n) is 6.59. The zero-order chi connectivity index (χ0) is 48.3. The van der Waals surface area contributed by atoms with E-state index in [4.69, 9.17) is 5.11 Å². The lowest BCUT2D eigenvalue weighted by Crippen LogP contribution is -3.06. The molecule has 0 aromatic rings. The number of carboxylic acid groups (broad SMARTS) is 1. The molecule has 0 bridgehead atoms. The van der Waals surface area contributed by atoms with Gasteiger partial charge in [0.1, 0.15) is 50.1 Å². The van der Waals surface area contributed by atoms with Gasteiger partial charge in [-0.15, -0.1) is 24.8 Å². The number of likely N-dealkylation sites (N-methyl/N-ethyl adjacent to an activating group) is 4. The summed E-state index contributed by atoms with van der Waals surface area (Å²) in [5, 5.41) is 15.2. The molecule has 1 fully saturated rings. The molecule has 0 aromatic carbocycles. The van der Waals surface area contributed by atoms with Gasteiger partial charge in [0.2, 0.25) is 5.91 Å². The van der Waals surface area contributed by atoms with Gasteiger partial charge in [-0.1, -0.05) is 0 Å². The third kappa shape index (κ3) is 140. The first-order valence-corrected chi connectivity index (χ1v) is 19.9. The molecule has 0 aliphatic carbocycles. The van der Waals surface area contributed by atoms with Crippen LogP contribution >= 0.6 is 24.8 Å². The van der Waals surface area contributed by atoms with Crippen molar-refractivity contribution in [1.29, 1.82) is 0 Å². The van der Waals surface area contributed by atoms with Crippen molar-refractivity contribution in [2.24, 2.45) is 0 Å². The van der Waals surface area contributed by atoms with E-state index >= 15 is 0 Å². The molecule has 0 saturated carbocycles. The molecule has 65 heavy (non-hydrogen) atoms. The Hall–Kier alpha value is -3.07. The predicted octanol–water partition coefficient (Wildman–Crippen LogP) is 0.211. The number of nitrogens with two attached hydrogens (primary N) is 1. The molecule has 20 heteroatoms. The molecule has 18 nitrogen and oxygen atoms in total. The second-order valence-corrected chi connectivity index (χ2v) is 15.7. The predicted molar refractivity (Wildman–Crippen MR) is 274 cm³/mol. The molecule has 398 valence electrons. The largest absolute Gasteiger partial charge is 0.480 e. The number of amides is 1. The van der Waals surface area contributed by atoms with Crippen LogP contribution in [0.3, 0.4) is 0 Å². The van der Waals surface area contributed by atoms with Crippen molar-refractivity contribution in [1.82, 2.24) is 20.4 Å². The minimum atomic E-state index is -1.03. The number of nitrogens with zero attached hydrogens (tertiary/aromatic N) is 3. The number of carbonyl (C=O) groups is 9. The quantitative estimate of drug-likeness (QED) is 0.0844. The highest BCUT2D eigenvalue weighted by Gasteiger charge is 2.15. The Bertz CT molecular complexity index is 1140. The van der Waals surface area contributed by atoms with Crippen LogP contribution in [0, 0.1) is 29.7 Å². The highest BCUT2D eigenvalue weighted by atomic mass is 35.5. The van der Waals surface area contributed by atoms with Gasteiger partial charge in [-0.25, -0.2) is 0 Å². The summed E-state index contributed by atoms with van der Waals surface area (Å²) in [5.41, 5.74) is 3.34. The maximum absolute atomic E-state index is 10.6. The third-order valence-corrected chi connectivity index (χ3v) is 6.59. The van der Waals surface area contributed by atoms with Gasteiger partial charge >= 0.3 is 5.97 Å². The van der Waals surface area contributed by atoms with E-state index in [0.717, 1.165) is 30.5 Å². The zero-order valence-corrected chi connectivity index (χ0v) is 47.0. The number of quaternary nitrogens is 4. The fourth-order valence-corrected chi connectivity index (χ4v) is 3.80. The lowest BCUT2D eigenvalue weighted by atomic mass is 10.1. The van der Waals surface area contributed by atoms with Crippen LogP contribution < -0.4 is 26.6 Å². The molecule has 1 heterocycles. The number of carboxylic acids is 1. The maximum Gasteiger partial charge on any atom is 0.322 e. The Morgan fingerprint density at radius 3 is 1.29 bits per heavy atom. The van der Waals surface area contributed by atoms with Crippen LogP contribution in [0.15, 0.2) is 0 Å². The molecular weight excluding hydrogens is 883 g/mol. The van der Waals surface area contributed by atoms with E-state index in [2.05, 4.69) is 37.4 Å². The Morgan fingerprint density at radius 1 is 0.738 bits per heavy atom. The summed E-state index contributed by atoms with van der Waals surface area (Å²) in [6, 6.07) is 0.488. The summed E-state index contributed by atoms with van der Waals surface area (Å²) in [6.07, 6.45) is 3.81. The number of rotatable bonds is 17. The topological polar surface area (TPSA) is 253 Å². The number of halogens is 2. The number of aliphatic carboxylic acids is 1. The van der Waals surface area contributed by atoms with E-state index in [0.29, 0.717) is 51.0 Å². The minimum Gasteiger partial charge on any atom is -0.480 e. The standard InChI is InChI=1S/C7H13NO.C7H16NO.C6H13NO.2C5H11NO.C4H7NO3.C4H9NO.C3H7NO.4CH3.2ClH/c1-6(9)5-7-3-2-4-8-7;1-5-8(3,4)6-7(2)9;1-6(8)4-5-7(2)3;2*1-5(7)4-6(2)3;1-3(6)5-2-4(7)8;1-4(6)3-5-2;1-3(5)2-4;;;;;;/h7-8H,2-5H2,1H3;5-6H2,1-4H3;4-5H2,1-3H3;2*4H2,1-3H3;2H2,1H3,(H,5,6)(H,7,8);5H,3H2,1-2H3;2,4H2,1H3;4*1H3;2*1H/q;+1;;;;;;;4*-1;;/p+3. The molecule has 0 spiro atoms. The summed E-state index contributed by atoms with van der Waals surface area (Å²) in [4.78, 5) is 96.4. The molecule has 0 aromatic heterocycles. The molecule has 0 radical (unpaired) electrons. The Morgan fingerprint density at radius 2 is 1.18 bits per heavy atom. The number of carbonyl (C=O) groups excluding carboxylic acids is 8. The van der Waals surface area contributed by atoms with Crippen molar-refractivity contribution in [3.63, 3.8) is 0 Å².